The molecular weight excluding hydrogens is 238 g/mol. The molecule has 1 aromatic heterocycles. The third-order valence-electron chi connectivity index (χ3n) is 2.26. The number of thiazole rings is 1. The molecule has 0 aliphatic carbocycles. The molecule has 0 saturated heterocycles. The molecule has 1 N–H and O–H groups in total. The summed E-state index contributed by atoms with van der Waals surface area (Å²) < 4.78 is 1.20. The minimum absolute atomic E-state index is 0.273. The Morgan fingerprint density at radius 1 is 1.44 bits per heavy atom. The van der Waals surface area contributed by atoms with E-state index in [0.717, 1.165) is 22.0 Å². The molecule has 1 unspecified atom stereocenters. The van der Waals surface area contributed by atoms with Crippen LogP contribution in [0.15, 0.2) is 24.3 Å². The van der Waals surface area contributed by atoms with Gasteiger partial charge in [0, 0.05) is 12.2 Å². The first-order chi connectivity index (χ1) is 7.79. The Labute approximate surface area is 104 Å². The fraction of sp³-hybridized carbons (Fsp3) is 0.417. The summed E-state index contributed by atoms with van der Waals surface area (Å²) in [7, 11) is 0. The summed E-state index contributed by atoms with van der Waals surface area (Å²) in [5.74, 6) is 1.85. The first kappa shape index (κ1) is 11.9. The highest BCUT2D eigenvalue weighted by molar-refractivity contribution is 7.99. The van der Waals surface area contributed by atoms with Gasteiger partial charge in [0.2, 0.25) is 0 Å². The standard InChI is InChI=1S/C12H15NOS2/c1-2-15-8-9(14)7-12-13-10-5-3-4-6-11(10)16-12/h3-6,9,14H,2,7-8H2,1H3. The van der Waals surface area contributed by atoms with E-state index >= 15 is 0 Å². The van der Waals surface area contributed by atoms with Gasteiger partial charge in [0.05, 0.1) is 21.3 Å². The van der Waals surface area contributed by atoms with Gasteiger partial charge in [-0.25, -0.2) is 4.98 Å². The maximum atomic E-state index is 9.80. The lowest BCUT2D eigenvalue weighted by Crippen LogP contribution is -2.13. The van der Waals surface area contributed by atoms with Gasteiger partial charge in [-0.2, -0.15) is 11.8 Å². The Balaban J connectivity index is 2.03. The Hall–Kier alpha value is -0.580. The van der Waals surface area contributed by atoms with Crippen molar-refractivity contribution in [3.8, 4) is 0 Å². The lowest BCUT2D eigenvalue weighted by atomic mass is 10.3. The van der Waals surface area contributed by atoms with Crippen molar-refractivity contribution in [2.45, 2.75) is 19.4 Å². The Morgan fingerprint density at radius 2 is 2.25 bits per heavy atom. The largest absolute Gasteiger partial charge is 0.392 e. The van der Waals surface area contributed by atoms with Crippen LogP contribution in [0.25, 0.3) is 10.2 Å². The lowest BCUT2D eigenvalue weighted by Gasteiger charge is -2.06. The number of aromatic nitrogens is 1. The van der Waals surface area contributed by atoms with Crippen molar-refractivity contribution in [3.63, 3.8) is 0 Å². The van der Waals surface area contributed by atoms with Crippen LogP contribution in [0.1, 0.15) is 11.9 Å². The zero-order valence-corrected chi connectivity index (χ0v) is 10.9. The minimum Gasteiger partial charge on any atom is -0.392 e. The second-order valence-electron chi connectivity index (χ2n) is 3.59. The van der Waals surface area contributed by atoms with Crippen molar-refractivity contribution in [2.24, 2.45) is 0 Å². The fourth-order valence-electron chi connectivity index (χ4n) is 1.52. The predicted octanol–water partition coefficient (Wildman–Crippen LogP) is 2.95. The van der Waals surface area contributed by atoms with Gasteiger partial charge >= 0.3 is 0 Å². The molecule has 1 atom stereocenters. The number of rotatable bonds is 5. The lowest BCUT2D eigenvalue weighted by molar-refractivity contribution is 0.200. The molecule has 4 heteroatoms. The fourth-order valence-corrected chi connectivity index (χ4v) is 3.19. The summed E-state index contributed by atoms with van der Waals surface area (Å²) in [6.45, 7) is 2.11. The van der Waals surface area contributed by atoms with Crippen molar-refractivity contribution in [1.82, 2.24) is 4.98 Å². The summed E-state index contributed by atoms with van der Waals surface area (Å²) in [5.41, 5.74) is 1.04. The summed E-state index contributed by atoms with van der Waals surface area (Å²) in [6, 6.07) is 8.11. The SMILES string of the molecule is CCSCC(O)Cc1nc2ccccc2s1. The van der Waals surface area contributed by atoms with Crippen LogP contribution >= 0.6 is 23.1 Å². The summed E-state index contributed by atoms with van der Waals surface area (Å²) in [6.07, 6.45) is 0.400. The molecule has 0 bridgehead atoms. The number of nitrogens with zero attached hydrogens (tertiary/aromatic N) is 1. The van der Waals surface area contributed by atoms with Crippen molar-refractivity contribution in [2.75, 3.05) is 11.5 Å². The van der Waals surface area contributed by atoms with E-state index in [2.05, 4.69) is 18.0 Å². The van der Waals surface area contributed by atoms with Gasteiger partial charge in [-0.1, -0.05) is 19.1 Å². The first-order valence-corrected chi connectivity index (χ1v) is 7.37. The van der Waals surface area contributed by atoms with Crippen LogP contribution < -0.4 is 0 Å². The van der Waals surface area contributed by atoms with E-state index in [-0.39, 0.29) is 6.10 Å². The van der Waals surface area contributed by atoms with Crippen molar-refractivity contribution in [1.29, 1.82) is 0 Å². The average molecular weight is 253 g/mol. The highest BCUT2D eigenvalue weighted by Gasteiger charge is 2.09. The number of benzene rings is 1. The topological polar surface area (TPSA) is 33.1 Å². The van der Waals surface area contributed by atoms with Crippen LogP contribution in [0.3, 0.4) is 0 Å². The first-order valence-electron chi connectivity index (χ1n) is 5.40. The Bertz CT molecular complexity index is 422. The van der Waals surface area contributed by atoms with E-state index in [0.29, 0.717) is 6.42 Å². The normalized spacial score (nSPS) is 13.1. The van der Waals surface area contributed by atoms with Gasteiger partial charge in [-0.05, 0) is 17.9 Å². The molecular formula is C12H15NOS2. The molecule has 16 heavy (non-hydrogen) atoms. The van der Waals surface area contributed by atoms with E-state index < -0.39 is 0 Å². The smallest absolute Gasteiger partial charge is 0.0964 e. The maximum absolute atomic E-state index is 9.80. The van der Waals surface area contributed by atoms with Gasteiger partial charge < -0.3 is 5.11 Å². The molecule has 0 amide bonds. The Kier molecular flexibility index (Phi) is 4.21. The van der Waals surface area contributed by atoms with Crippen LogP contribution in [-0.4, -0.2) is 27.7 Å². The Morgan fingerprint density at radius 3 is 3.00 bits per heavy atom. The third kappa shape index (κ3) is 2.97. The second kappa shape index (κ2) is 5.66. The molecule has 86 valence electrons. The summed E-state index contributed by atoms with van der Waals surface area (Å²) in [4.78, 5) is 4.51. The molecule has 0 saturated carbocycles. The molecule has 2 nitrogen and oxygen atoms in total. The van der Waals surface area contributed by atoms with Gasteiger partial charge in [0.15, 0.2) is 0 Å². The van der Waals surface area contributed by atoms with Gasteiger partial charge in [0.25, 0.3) is 0 Å². The monoisotopic (exact) mass is 253 g/mol. The predicted molar refractivity (Wildman–Crippen MR) is 72.3 cm³/mol. The molecule has 2 aromatic rings. The van der Waals surface area contributed by atoms with Crippen molar-refractivity contribution < 1.29 is 5.11 Å². The molecule has 1 heterocycles. The number of aliphatic hydroxyl groups excluding tert-OH is 1. The third-order valence-corrected chi connectivity index (χ3v) is 4.35. The highest BCUT2D eigenvalue weighted by atomic mass is 32.2. The van der Waals surface area contributed by atoms with Gasteiger partial charge in [0.1, 0.15) is 0 Å². The van der Waals surface area contributed by atoms with Crippen LogP contribution in [0.5, 0.6) is 0 Å². The van der Waals surface area contributed by atoms with Gasteiger partial charge in [-0.15, -0.1) is 11.3 Å². The van der Waals surface area contributed by atoms with Crippen molar-refractivity contribution in [3.05, 3.63) is 29.3 Å². The summed E-state index contributed by atoms with van der Waals surface area (Å²) in [5, 5.41) is 10.8. The van der Waals surface area contributed by atoms with E-state index in [9.17, 15) is 5.11 Å². The zero-order chi connectivity index (χ0) is 11.4. The molecule has 0 fully saturated rings. The number of fused-ring (bicyclic) bond motifs is 1. The van der Waals surface area contributed by atoms with Crippen molar-refractivity contribution >= 4 is 33.3 Å². The maximum Gasteiger partial charge on any atom is 0.0964 e. The zero-order valence-electron chi connectivity index (χ0n) is 9.22. The molecule has 0 aliphatic rings. The quantitative estimate of drug-likeness (QED) is 0.889. The van der Waals surface area contributed by atoms with E-state index in [1.807, 2.05) is 18.2 Å². The number of aliphatic hydroxyl groups is 1. The van der Waals surface area contributed by atoms with E-state index in [1.165, 1.54) is 4.70 Å². The average Bonchev–Trinajstić information content (AvgIpc) is 2.68. The van der Waals surface area contributed by atoms with Crippen LogP contribution in [-0.2, 0) is 6.42 Å². The number of thioether (sulfide) groups is 1. The number of para-hydroxylation sites is 1. The summed E-state index contributed by atoms with van der Waals surface area (Å²) >= 11 is 3.45. The highest BCUT2D eigenvalue weighted by Crippen LogP contribution is 2.22. The molecule has 0 aliphatic heterocycles. The van der Waals surface area contributed by atoms with Crippen LogP contribution in [0.4, 0.5) is 0 Å². The van der Waals surface area contributed by atoms with E-state index in [4.69, 9.17) is 0 Å². The minimum atomic E-state index is -0.273. The number of hydrogen-bond acceptors (Lipinski definition) is 4. The van der Waals surface area contributed by atoms with Gasteiger partial charge in [-0.3, -0.25) is 0 Å². The number of hydrogen-bond donors (Lipinski definition) is 1. The molecule has 2 rings (SSSR count). The molecule has 0 spiro atoms. The van der Waals surface area contributed by atoms with E-state index in [1.54, 1.807) is 23.1 Å². The molecule has 0 radical (unpaired) electrons. The van der Waals surface area contributed by atoms with Crippen LogP contribution in [0, 0.1) is 0 Å². The molecule has 1 aromatic carbocycles. The second-order valence-corrected chi connectivity index (χ2v) is 6.03. The van der Waals surface area contributed by atoms with Crippen LogP contribution in [0.2, 0.25) is 0 Å².